The second-order valence-corrected chi connectivity index (χ2v) is 7.35. The van der Waals surface area contributed by atoms with Crippen molar-refractivity contribution in [2.75, 3.05) is 60.3 Å². The molecule has 4 rings (SSSR count). The van der Waals surface area contributed by atoms with E-state index in [1.54, 1.807) is 26.4 Å². The normalized spacial score (nSPS) is 17.0. The first-order valence-electron chi connectivity index (χ1n) is 10.4. The van der Waals surface area contributed by atoms with Gasteiger partial charge in [-0.3, -0.25) is 9.69 Å². The Hall–Kier alpha value is -2.97. The summed E-state index contributed by atoms with van der Waals surface area (Å²) in [6, 6.07) is 11.4. The Labute approximate surface area is 182 Å². The van der Waals surface area contributed by atoms with Gasteiger partial charge in [-0.1, -0.05) is 12.1 Å². The lowest BCUT2D eigenvalue weighted by Gasteiger charge is -2.35. The Bertz CT molecular complexity index is 878. The number of rotatable bonds is 7. The van der Waals surface area contributed by atoms with Crippen LogP contribution in [0.5, 0.6) is 23.0 Å². The van der Waals surface area contributed by atoms with E-state index in [0.717, 1.165) is 24.4 Å². The Morgan fingerprint density at radius 2 is 1.77 bits per heavy atom. The van der Waals surface area contributed by atoms with Gasteiger partial charge in [0, 0.05) is 25.2 Å². The summed E-state index contributed by atoms with van der Waals surface area (Å²) in [5.41, 5.74) is 1.58. The molecule has 31 heavy (non-hydrogen) atoms. The predicted molar refractivity (Wildman–Crippen MR) is 114 cm³/mol. The van der Waals surface area contributed by atoms with Crippen LogP contribution >= 0.6 is 0 Å². The molecule has 1 amide bonds. The molecule has 8 nitrogen and oxygen atoms in total. The third-order valence-corrected chi connectivity index (χ3v) is 5.53. The number of nitrogens with zero attached hydrogens (tertiary/aromatic N) is 1. The fourth-order valence-electron chi connectivity index (χ4n) is 3.87. The summed E-state index contributed by atoms with van der Waals surface area (Å²) in [5, 5.41) is 3.08. The molecule has 0 aromatic heterocycles. The van der Waals surface area contributed by atoms with Crippen LogP contribution < -0.4 is 24.3 Å². The lowest BCUT2D eigenvalue weighted by Crippen LogP contribution is -2.43. The van der Waals surface area contributed by atoms with Crippen molar-refractivity contribution in [1.82, 2.24) is 10.2 Å². The Morgan fingerprint density at radius 3 is 2.48 bits per heavy atom. The third kappa shape index (κ3) is 4.86. The maximum Gasteiger partial charge on any atom is 0.251 e. The van der Waals surface area contributed by atoms with Crippen molar-refractivity contribution in [1.29, 1.82) is 0 Å². The van der Waals surface area contributed by atoms with E-state index in [2.05, 4.69) is 10.2 Å². The van der Waals surface area contributed by atoms with Crippen LogP contribution in [0.15, 0.2) is 36.4 Å². The zero-order valence-corrected chi connectivity index (χ0v) is 17.9. The highest BCUT2D eigenvalue weighted by molar-refractivity contribution is 5.95. The van der Waals surface area contributed by atoms with Gasteiger partial charge in [0.1, 0.15) is 19.0 Å². The average molecular weight is 428 g/mol. The molecule has 1 atom stereocenters. The van der Waals surface area contributed by atoms with Crippen molar-refractivity contribution in [3.05, 3.63) is 47.5 Å². The number of benzene rings is 2. The van der Waals surface area contributed by atoms with E-state index in [0.29, 0.717) is 55.8 Å². The van der Waals surface area contributed by atoms with Gasteiger partial charge < -0.3 is 29.0 Å². The second kappa shape index (κ2) is 9.89. The van der Waals surface area contributed by atoms with Gasteiger partial charge in [0.05, 0.1) is 33.5 Å². The number of ether oxygens (including phenoxy) is 5. The van der Waals surface area contributed by atoms with Crippen molar-refractivity contribution in [3.8, 4) is 23.0 Å². The smallest absolute Gasteiger partial charge is 0.251 e. The zero-order valence-electron chi connectivity index (χ0n) is 17.9. The highest BCUT2D eigenvalue weighted by atomic mass is 16.6. The molecule has 1 N–H and O–H groups in total. The number of carbonyl (C=O) groups excluding carboxylic acids is 1. The summed E-state index contributed by atoms with van der Waals surface area (Å²) in [5.74, 6) is 2.16. The third-order valence-electron chi connectivity index (χ3n) is 5.53. The molecule has 2 heterocycles. The number of morpholine rings is 1. The molecule has 0 saturated carbocycles. The summed E-state index contributed by atoms with van der Waals surface area (Å²) in [6.45, 7) is 4.34. The first kappa shape index (κ1) is 21.3. The van der Waals surface area contributed by atoms with Gasteiger partial charge in [-0.05, 0) is 29.8 Å². The van der Waals surface area contributed by atoms with Crippen LogP contribution in [-0.4, -0.2) is 71.1 Å². The molecule has 2 aromatic rings. The van der Waals surface area contributed by atoms with Crippen LogP contribution in [0.4, 0.5) is 0 Å². The SMILES string of the molecule is COc1ccc(C(CNC(=O)c2cc(OC)c3c(c2)OCCO3)N2CCOCC2)cc1. The van der Waals surface area contributed by atoms with Crippen LogP contribution in [0.25, 0.3) is 0 Å². The van der Waals surface area contributed by atoms with Crippen LogP contribution in [0, 0.1) is 0 Å². The van der Waals surface area contributed by atoms with E-state index >= 15 is 0 Å². The molecule has 0 bridgehead atoms. The van der Waals surface area contributed by atoms with Crippen molar-refractivity contribution in [2.45, 2.75) is 6.04 Å². The van der Waals surface area contributed by atoms with E-state index in [4.69, 9.17) is 23.7 Å². The number of carbonyl (C=O) groups is 1. The van der Waals surface area contributed by atoms with Crippen molar-refractivity contribution in [2.24, 2.45) is 0 Å². The first-order valence-corrected chi connectivity index (χ1v) is 10.4. The minimum atomic E-state index is -0.193. The molecule has 166 valence electrons. The van der Waals surface area contributed by atoms with Gasteiger partial charge in [0.25, 0.3) is 5.91 Å². The number of hydrogen-bond acceptors (Lipinski definition) is 7. The largest absolute Gasteiger partial charge is 0.497 e. The number of amides is 1. The number of nitrogens with one attached hydrogen (secondary N) is 1. The molecule has 1 saturated heterocycles. The van der Waals surface area contributed by atoms with Crippen LogP contribution in [0.3, 0.4) is 0 Å². The second-order valence-electron chi connectivity index (χ2n) is 7.35. The molecule has 2 aliphatic heterocycles. The quantitative estimate of drug-likeness (QED) is 0.725. The van der Waals surface area contributed by atoms with Crippen LogP contribution in [-0.2, 0) is 4.74 Å². The summed E-state index contributed by atoms with van der Waals surface area (Å²) >= 11 is 0. The molecule has 1 fully saturated rings. The minimum absolute atomic E-state index is 0.0258. The van der Waals surface area contributed by atoms with E-state index in [1.165, 1.54) is 0 Å². The zero-order chi connectivity index (χ0) is 21.6. The number of methoxy groups -OCH3 is 2. The fourth-order valence-corrected chi connectivity index (χ4v) is 3.87. The Kier molecular flexibility index (Phi) is 6.79. The lowest BCUT2D eigenvalue weighted by molar-refractivity contribution is 0.0162. The monoisotopic (exact) mass is 428 g/mol. The van der Waals surface area contributed by atoms with Gasteiger partial charge in [0.2, 0.25) is 5.75 Å². The van der Waals surface area contributed by atoms with E-state index in [9.17, 15) is 4.79 Å². The molecule has 2 aliphatic rings. The standard InChI is InChI=1S/C23H28N2O6/c1-27-18-5-3-16(4-6-18)19(25-7-9-29-10-8-25)15-24-23(26)17-13-20(28-2)22-21(14-17)30-11-12-31-22/h3-6,13-14,19H,7-12,15H2,1-2H3,(H,24,26). The molecular weight excluding hydrogens is 400 g/mol. The molecule has 0 spiro atoms. The fraction of sp³-hybridized carbons (Fsp3) is 0.435. The van der Waals surface area contributed by atoms with E-state index < -0.39 is 0 Å². The van der Waals surface area contributed by atoms with Gasteiger partial charge in [0.15, 0.2) is 11.5 Å². The number of fused-ring (bicyclic) bond motifs is 1. The van der Waals surface area contributed by atoms with Crippen LogP contribution in [0.1, 0.15) is 22.0 Å². The lowest BCUT2D eigenvalue weighted by atomic mass is 10.0. The van der Waals surface area contributed by atoms with Crippen molar-refractivity contribution in [3.63, 3.8) is 0 Å². The summed E-state index contributed by atoms with van der Waals surface area (Å²) in [7, 11) is 3.20. The van der Waals surface area contributed by atoms with Crippen molar-refractivity contribution >= 4 is 5.91 Å². The van der Waals surface area contributed by atoms with E-state index in [-0.39, 0.29) is 11.9 Å². The topological polar surface area (TPSA) is 78.5 Å². The molecule has 1 unspecified atom stereocenters. The number of hydrogen-bond donors (Lipinski definition) is 1. The predicted octanol–water partition coefficient (Wildman–Crippen LogP) is 2.28. The summed E-state index contributed by atoms with van der Waals surface area (Å²) in [4.78, 5) is 15.3. The minimum Gasteiger partial charge on any atom is -0.497 e. The maximum atomic E-state index is 13.0. The summed E-state index contributed by atoms with van der Waals surface area (Å²) in [6.07, 6.45) is 0. The Morgan fingerprint density at radius 1 is 1.03 bits per heavy atom. The van der Waals surface area contributed by atoms with Gasteiger partial charge in [-0.25, -0.2) is 0 Å². The van der Waals surface area contributed by atoms with Crippen molar-refractivity contribution < 1.29 is 28.5 Å². The highest BCUT2D eigenvalue weighted by Crippen LogP contribution is 2.40. The van der Waals surface area contributed by atoms with Gasteiger partial charge in [-0.15, -0.1) is 0 Å². The van der Waals surface area contributed by atoms with Gasteiger partial charge >= 0.3 is 0 Å². The Balaban J connectivity index is 1.51. The molecule has 2 aromatic carbocycles. The van der Waals surface area contributed by atoms with E-state index in [1.807, 2.05) is 24.3 Å². The highest BCUT2D eigenvalue weighted by Gasteiger charge is 2.25. The first-order chi connectivity index (χ1) is 15.2. The van der Waals surface area contributed by atoms with Gasteiger partial charge in [-0.2, -0.15) is 0 Å². The van der Waals surface area contributed by atoms with Crippen LogP contribution in [0.2, 0.25) is 0 Å². The molecule has 8 heteroatoms. The molecule has 0 radical (unpaired) electrons. The summed E-state index contributed by atoms with van der Waals surface area (Å²) < 4.78 is 27.5. The molecule has 0 aliphatic carbocycles. The maximum absolute atomic E-state index is 13.0. The molecular formula is C23H28N2O6. The average Bonchev–Trinajstić information content (AvgIpc) is 2.84.